The average Bonchev–Trinajstić information content (AvgIpc) is 2.16. The molecule has 100 valence electrons. The van der Waals surface area contributed by atoms with Gasteiger partial charge in [-0.3, -0.25) is 0 Å². The lowest BCUT2D eigenvalue weighted by Gasteiger charge is -2.13. The summed E-state index contributed by atoms with van der Waals surface area (Å²) in [6, 6.07) is 0. The molecule has 0 heterocycles. The van der Waals surface area contributed by atoms with Crippen LogP contribution in [0.5, 0.6) is 0 Å². The van der Waals surface area contributed by atoms with Crippen LogP contribution < -0.4 is 0 Å². The van der Waals surface area contributed by atoms with E-state index in [4.69, 9.17) is 10.2 Å². The van der Waals surface area contributed by atoms with Crippen LogP contribution in [0.1, 0.15) is 13.8 Å². The maximum absolute atomic E-state index is 8.56. The van der Waals surface area contributed by atoms with Gasteiger partial charge in [0.1, 0.15) is 0 Å². The summed E-state index contributed by atoms with van der Waals surface area (Å²) in [5, 5.41) is 17.1. The first-order valence-corrected chi connectivity index (χ1v) is 5.84. The van der Waals surface area contributed by atoms with E-state index in [2.05, 4.69) is 9.80 Å². The Hall–Kier alpha value is -0.160. The molecule has 0 fully saturated rings. The SMILES string of the molecule is CC(CO)CN(C)C.CC(CO)CN(C)C. The van der Waals surface area contributed by atoms with Crippen molar-refractivity contribution in [1.29, 1.82) is 0 Å². The molecule has 0 saturated heterocycles. The highest BCUT2D eigenvalue weighted by atomic mass is 16.3. The Morgan fingerprint density at radius 2 is 1.00 bits per heavy atom. The summed E-state index contributed by atoms with van der Waals surface area (Å²) >= 11 is 0. The summed E-state index contributed by atoms with van der Waals surface area (Å²) in [6.45, 7) is 6.57. The fourth-order valence-electron chi connectivity index (χ4n) is 1.36. The van der Waals surface area contributed by atoms with E-state index in [9.17, 15) is 0 Å². The Morgan fingerprint density at radius 1 is 0.750 bits per heavy atom. The molecule has 0 radical (unpaired) electrons. The van der Waals surface area contributed by atoms with Crippen molar-refractivity contribution in [2.45, 2.75) is 13.8 Å². The van der Waals surface area contributed by atoms with Crippen LogP contribution in [0.4, 0.5) is 0 Å². The van der Waals surface area contributed by atoms with Gasteiger partial charge in [-0.15, -0.1) is 0 Å². The first-order chi connectivity index (χ1) is 7.33. The molecule has 4 heteroatoms. The number of aliphatic hydroxyl groups excluding tert-OH is 2. The third kappa shape index (κ3) is 16.3. The predicted molar refractivity (Wildman–Crippen MR) is 69.6 cm³/mol. The normalized spacial score (nSPS) is 14.6. The summed E-state index contributed by atoms with van der Waals surface area (Å²) < 4.78 is 0. The molecule has 0 spiro atoms. The first-order valence-electron chi connectivity index (χ1n) is 5.84. The Bertz CT molecular complexity index is 125. The van der Waals surface area contributed by atoms with Crippen LogP contribution >= 0.6 is 0 Å². The second-order valence-corrected chi connectivity index (χ2v) is 5.10. The van der Waals surface area contributed by atoms with Gasteiger partial charge in [0, 0.05) is 26.3 Å². The number of hydrogen-bond donors (Lipinski definition) is 2. The van der Waals surface area contributed by atoms with Gasteiger partial charge in [0.2, 0.25) is 0 Å². The molecular formula is C12H30N2O2. The molecule has 2 unspecified atom stereocenters. The molecule has 4 nitrogen and oxygen atoms in total. The lowest BCUT2D eigenvalue weighted by atomic mass is 10.2. The van der Waals surface area contributed by atoms with E-state index in [1.54, 1.807) is 0 Å². The molecule has 0 bridgehead atoms. The summed E-state index contributed by atoms with van der Waals surface area (Å²) in [5.74, 6) is 0.815. The van der Waals surface area contributed by atoms with Gasteiger partial charge in [0.25, 0.3) is 0 Å². The quantitative estimate of drug-likeness (QED) is 0.696. The molecule has 2 atom stereocenters. The molecule has 16 heavy (non-hydrogen) atoms. The minimum absolute atomic E-state index is 0.290. The summed E-state index contributed by atoms with van der Waals surface area (Å²) in [6.07, 6.45) is 0. The molecule has 2 N–H and O–H groups in total. The first kappa shape index (κ1) is 18.2. The van der Waals surface area contributed by atoms with Gasteiger partial charge in [-0.05, 0) is 40.0 Å². The van der Waals surface area contributed by atoms with E-state index in [0.717, 1.165) is 13.1 Å². The molecular weight excluding hydrogens is 204 g/mol. The topological polar surface area (TPSA) is 46.9 Å². The molecule has 0 aliphatic carbocycles. The van der Waals surface area contributed by atoms with Crippen LogP contribution in [0.2, 0.25) is 0 Å². The van der Waals surface area contributed by atoms with Crippen LogP contribution in [0.15, 0.2) is 0 Å². The smallest absolute Gasteiger partial charge is 0.0468 e. The third-order valence-electron chi connectivity index (χ3n) is 1.98. The second kappa shape index (κ2) is 11.3. The summed E-state index contributed by atoms with van der Waals surface area (Å²) in [4.78, 5) is 4.14. The van der Waals surface area contributed by atoms with E-state index in [0.29, 0.717) is 11.8 Å². The zero-order valence-electron chi connectivity index (χ0n) is 11.8. The van der Waals surface area contributed by atoms with Gasteiger partial charge in [0.15, 0.2) is 0 Å². The molecule has 0 aromatic rings. The highest BCUT2D eigenvalue weighted by molar-refractivity contribution is 4.52. The van der Waals surface area contributed by atoms with Crippen molar-refractivity contribution in [2.75, 3.05) is 54.5 Å². The van der Waals surface area contributed by atoms with Gasteiger partial charge >= 0.3 is 0 Å². The van der Waals surface area contributed by atoms with Crippen LogP contribution in [-0.4, -0.2) is 74.5 Å². The third-order valence-corrected chi connectivity index (χ3v) is 1.98. The van der Waals surface area contributed by atoms with E-state index >= 15 is 0 Å². The predicted octanol–water partition coefficient (Wildman–Crippen LogP) is 0.353. The van der Waals surface area contributed by atoms with Crippen molar-refractivity contribution < 1.29 is 10.2 Å². The number of aliphatic hydroxyl groups is 2. The monoisotopic (exact) mass is 234 g/mol. The molecule has 0 aromatic heterocycles. The standard InChI is InChI=1S/2C6H15NO/c2*1-6(5-8)4-7(2)3/h2*6,8H,4-5H2,1-3H3. The Morgan fingerprint density at radius 3 is 1.06 bits per heavy atom. The molecule has 0 aromatic carbocycles. The van der Waals surface area contributed by atoms with Crippen molar-refractivity contribution >= 4 is 0 Å². The Labute approximate surface area is 101 Å². The van der Waals surface area contributed by atoms with Gasteiger partial charge < -0.3 is 20.0 Å². The van der Waals surface area contributed by atoms with Gasteiger partial charge in [-0.1, -0.05) is 13.8 Å². The fraction of sp³-hybridized carbons (Fsp3) is 1.00. The van der Waals surface area contributed by atoms with E-state index in [-0.39, 0.29) is 13.2 Å². The van der Waals surface area contributed by atoms with Crippen LogP contribution in [0, 0.1) is 11.8 Å². The highest BCUT2D eigenvalue weighted by Gasteiger charge is 1.99. The van der Waals surface area contributed by atoms with Crippen molar-refractivity contribution in [3.05, 3.63) is 0 Å². The number of rotatable bonds is 6. The molecule has 0 aliphatic heterocycles. The van der Waals surface area contributed by atoms with Gasteiger partial charge in [-0.25, -0.2) is 0 Å². The van der Waals surface area contributed by atoms with Crippen LogP contribution in [0.3, 0.4) is 0 Å². The minimum atomic E-state index is 0.290. The maximum atomic E-state index is 8.56. The van der Waals surface area contributed by atoms with Crippen molar-refractivity contribution in [3.8, 4) is 0 Å². The van der Waals surface area contributed by atoms with Crippen LogP contribution in [0.25, 0.3) is 0 Å². The Kier molecular flexibility index (Phi) is 12.9. The van der Waals surface area contributed by atoms with Crippen molar-refractivity contribution in [2.24, 2.45) is 11.8 Å². The number of nitrogens with zero attached hydrogens (tertiary/aromatic N) is 2. The summed E-state index contributed by atoms with van der Waals surface area (Å²) in [5.41, 5.74) is 0. The number of hydrogen-bond acceptors (Lipinski definition) is 4. The Balaban J connectivity index is 0. The summed E-state index contributed by atoms with van der Waals surface area (Å²) in [7, 11) is 8.02. The van der Waals surface area contributed by atoms with E-state index in [1.165, 1.54) is 0 Å². The van der Waals surface area contributed by atoms with E-state index < -0.39 is 0 Å². The minimum Gasteiger partial charge on any atom is -0.396 e. The van der Waals surface area contributed by atoms with Crippen molar-refractivity contribution in [1.82, 2.24) is 9.80 Å². The lowest BCUT2D eigenvalue weighted by Crippen LogP contribution is -2.21. The lowest BCUT2D eigenvalue weighted by molar-refractivity contribution is 0.204. The largest absolute Gasteiger partial charge is 0.396 e. The van der Waals surface area contributed by atoms with Crippen molar-refractivity contribution in [3.63, 3.8) is 0 Å². The molecule has 0 aliphatic rings. The van der Waals surface area contributed by atoms with E-state index in [1.807, 2.05) is 42.0 Å². The molecule has 0 amide bonds. The second-order valence-electron chi connectivity index (χ2n) is 5.10. The zero-order chi connectivity index (χ0) is 13.1. The molecule has 0 rings (SSSR count). The van der Waals surface area contributed by atoms with Gasteiger partial charge in [-0.2, -0.15) is 0 Å². The highest BCUT2D eigenvalue weighted by Crippen LogP contribution is 1.92. The maximum Gasteiger partial charge on any atom is 0.0468 e. The van der Waals surface area contributed by atoms with Gasteiger partial charge in [0.05, 0.1) is 0 Å². The van der Waals surface area contributed by atoms with Crippen LogP contribution in [-0.2, 0) is 0 Å². The molecule has 0 saturated carbocycles. The average molecular weight is 234 g/mol. The fourth-order valence-corrected chi connectivity index (χ4v) is 1.36. The zero-order valence-corrected chi connectivity index (χ0v) is 11.8.